The maximum atomic E-state index is 9.73. The van der Waals surface area contributed by atoms with Crippen LogP contribution in [0.2, 0.25) is 0 Å². The summed E-state index contributed by atoms with van der Waals surface area (Å²) in [5.41, 5.74) is 6.29. The second kappa shape index (κ2) is 7.43. The lowest BCUT2D eigenvalue weighted by molar-refractivity contribution is 0.0560. The summed E-state index contributed by atoms with van der Waals surface area (Å²) in [6, 6.07) is 0.661. The van der Waals surface area contributed by atoms with E-state index in [9.17, 15) is 5.11 Å². The first-order valence-corrected chi connectivity index (χ1v) is 7.32. The van der Waals surface area contributed by atoms with Crippen LogP contribution in [-0.4, -0.2) is 66.3 Å². The molecule has 0 bridgehead atoms. The largest absolute Gasteiger partial charge is 0.395 e. The fourth-order valence-electron chi connectivity index (χ4n) is 2.95. The van der Waals surface area contributed by atoms with E-state index in [4.69, 9.17) is 5.73 Å². The fraction of sp³-hybridized carbons (Fsp3) is 1.00. The quantitative estimate of drug-likeness (QED) is 0.763. The van der Waals surface area contributed by atoms with E-state index >= 15 is 0 Å². The van der Waals surface area contributed by atoms with Crippen LogP contribution < -0.4 is 5.73 Å². The molecule has 3 unspecified atom stereocenters. The van der Waals surface area contributed by atoms with Gasteiger partial charge in [0, 0.05) is 31.2 Å². The highest BCUT2D eigenvalue weighted by atomic mass is 16.3. The Bertz CT molecular complexity index is 235. The third-order valence-corrected chi connectivity index (χ3v) is 4.25. The van der Waals surface area contributed by atoms with Crippen LogP contribution >= 0.6 is 0 Å². The molecule has 3 N–H and O–H groups in total. The van der Waals surface area contributed by atoms with Crippen LogP contribution in [0.25, 0.3) is 0 Å². The summed E-state index contributed by atoms with van der Waals surface area (Å²) >= 11 is 0. The Kier molecular flexibility index (Phi) is 6.57. The molecule has 4 heteroatoms. The molecule has 0 aromatic heterocycles. The van der Waals surface area contributed by atoms with Gasteiger partial charge in [0.2, 0.25) is 0 Å². The van der Waals surface area contributed by atoms with Crippen LogP contribution in [0.5, 0.6) is 0 Å². The van der Waals surface area contributed by atoms with Crippen LogP contribution in [0.4, 0.5) is 0 Å². The molecule has 0 spiro atoms. The molecule has 18 heavy (non-hydrogen) atoms. The molecular weight excluding hydrogens is 226 g/mol. The number of rotatable bonds is 5. The standard InChI is InChI=1S/C14H31N3O/c1-5-12-9-16(4)7-6-8-17(12)13(10-18)14(15)11(2)3/h11-14,18H,5-10,15H2,1-4H3. The lowest BCUT2D eigenvalue weighted by Crippen LogP contribution is -2.56. The van der Waals surface area contributed by atoms with Crippen LogP contribution in [0.15, 0.2) is 0 Å². The molecule has 1 heterocycles. The highest BCUT2D eigenvalue weighted by Gasteiger charge is 2.32. The molecule has 0 aliphatic carbocycles. The van der Waals surface area contributed by atoms with Gasteiger partial charge in [0.15, 0.2) is 0 Å². The summed E-state index contributed by atoms with van der Waals surface area (Å²) in [4.78, 5) is 4.84. The predicted octanol–water partition coefficient (Wildman–Crippen LogP) is 0.747. The Morgan fingerprint density at radius 2 is 2.00 bits per heavy atom. The Labute approximate surface area is 112 Å². The van der Waals surface area contributed by atoms with E-state index in [1.54, 1.807) is 0 Å². The highest BCUT2D eigenvalue weighted by Crippen LogP contribution is 2.19. The van der Waals surface area contributed by atoms with Gasteiger partial charge < -0.3 is 15.7 Å². The van der Waals surface area contributed by atoms with E-state index in [0.717, 1.165) is 32.5 Å². The Hall–Kier alpha value is -0.160. The number of nitrogens with zero attached hydrogens (tertiary/aromatic N) is 2. The number of hydrogen-bond acceptors (Lipinski definition) is 4. The number of hydrogen-bond donors (Lipinski definition) is 2. The Balaban J connectivity index is 2.80. The van der Waals surface area contributed by atoms with Crippen molar-refractivity contribution in [1.82, 2.24) is 9.80 Å². The van der Waals surface area contributed by atoms with Crippen molar-refractivity contribution in [3.05, 3.63) is 0 Å². The molecule has 1 fully saturated rings. The third kappa shape index (κ3) is 3.92. The molecular formula is C14H31N3O. The zero-order chi connectivity index (χ0) is 13.7. The Morgan fingerprint density at radius 3 is 2.50 bits per heavy atom. The third-order valence-electron chi connectivity index (χ3n) is 4.25. The lowest BCUT2D eigenvalue weighted by Gasteiger charge is -2.40. The summed E-state index contributed by atoms with van der Waals surface area (Å²) < 4.78 is 0. The van der Waals surface area contributed by atoms with Crippen LogP contribution in [-0.2, 0) is 0 Å². The van der Waals surface area contributed by atoms with E-state index in [-0.39, 0.29) is 18.7 Å². The first kappa shape index (κ1) is 15.9. The van der Waals surface area contributed by atoms with Crippen LogP contribution in [0.3, 0.4) is 0 Å². The van der Waals surface area contributed by atoms with Gasteiger partial charge >= 0.3 is 0 Å². The van der Waals surface area contributed by atoms with Crippen molar-refractivity contribution in [2.75, 3.05) is 33.3 Å². The average Bonchev–Trinajstić information content (AvgIpc) is 2.52. The minimum Gasteiger partial charge on any atom is -0.395 e. The van der Waals surface area contributed by atoms with Gasteiger partial charge in [-0.05, 0) is 32.4 Å². The van der Waals surface area contributed by atoms with E-state index < -0.39 is 0 Å². The predicted molar refractivity (Wildman–Crippen MR) is 76.6 cm³/mol. The van der Waals surface area contributed by atoms with Gasteiger partial charge in [0.1, 0.15) is 0 Å². The van der Waals surface area contributed by atoms with Gasteiger partial charge in [-0.3, -0.25) is 4.90 Å². The van der Waals surface area contributed by atoms with E-state index in [2.05, 4.69) is 37.6 Å². The summed E-state index contributed by atoms with van der Waals surface area (Å²) in [5, 5.41) is 9.73. The first-order chi connectivity index (χ1) is 8.51. The molecule has 0 amide bonds. The van der Waals surface area contributed by atoms with Crippen molar-refractivity contribution in [2.24, 2.45) is 11.7 Å². The minimum atomic E-state index is 0.0486. The van der Waals surface area contributed by atoms with Crippen molar-refractivity contribution < 1.29 is 5.11 Å². The summed E-state index contributed by atoms with van der Waals surface area (Å²) in [6.45, 7) is 9.94. The lowest BCUT2D eigenvalue weighted by atomic mass is 9.95. The van der Waals surface area contributed by atoms with Crippen molar-refractivity contribution in [2.45, 2.75) is 51.7 Å². The Morgan fingerprint density at radius 1 is 1.33 bits per heavy atom. The van der Waals surface area contributed by atoms with Crippen molar-refractivity contribution in [3.8, 4) is 0 Å². The van der Waals surface area contributed by atoms with Gasteiger partial charge in [0.05, 0.1) is 6.61 Å². The van der Waals surface area contributed by atoms with Crippen LogP contribution in [0, 0.1) is 5.92 Å². The maximum Gasteiger partial charge on any atom is 0.0602 e. The second-order valence-corrected chi connectivity index (χ2v) is 5.99. The van der Waals surface area contributed by atoms with Crippen molar-refractivity contribution >= 4 is 0 Å². The highest BCUT2D eigenvalue weighted by molar-refractivity contribution is 4.89. The van der Waals surface area contributed by atoms with E-state index in [0.29, 0.717) is 12.0 Å². The monoisotopic (exact) mass is 257 g/mol. The minimum absolute atomic E-state index is 0.0486. The zero-order valence-corrected chi connectivity index (χ0v) is 12.5. The molecule has 1 aliphatic heterocycles. The van der Waals surface area contributed by atoms with Gasteiger partial charge in [0.25, 0.3) is 0 Å². The van der Waals surface area contributed by atoms with E-state index in [1.807, 2.05) is 0 Å². The number of nitrogens with two attached hydrogens (primary N) is 1. The molecule has 1 rings (SSSR count). The van der Waals surface area contributed by atoms with Gasteiger partial charge in [-0.1, -0.05) is 20.8 Å². The summed E-state index contributed by atoms with van der Waals surface area (Å²) in [7, 11) is 2.18. The van der Waals surface area contributed by atoms with Gasteiger partial charge in [-0.15, -0.1) is 0 Å². The maximum absolute atomic E-state index is 9.73. The topological polar surface area (TPSA) is 52.7 Å². The SMILES string of the molecule is CCC1CN(C)CCCN1C(CO)C(N)C(C)C. The molecule has 0 radical (unpaired) electrons. The molecule has 108 valence electrons. The normalized spacial score (nSPS) is 27.2. The first-order valence-electron chi connectivity index (χ1n) is 7.32. The van der Waals surface area contributed by atoms with Crippen LogP contribution in [0.1, 0.15) is 33.6 Å². The molecule has 4 nitrogen and oxygen atoms in total. The molecule has 1 saturated heterocycles. The van der Waals surface area contributed by atoms with Crippen molar-refractivity contribution in [1.29, 1.82) is 0 Å². The molecule has 3 atom stereocenters. The molecule has 0 saturated carbocycles. The number of aliphatic hydroxyl groups is 1. The fourth-order valence-corrected chi connectivity index (χ4v) is 2.95. The number of likely N-dealkylation sites (N-methyl/N-ethyl adjacent to an activating group) is 1. The second-order valence-electron chi connectivity index (χ2n) is 5.99. The van der Waals surface area contributed by atoms with Crippen molar-refractivity contribution in [3.63, 3.8) is 0 Å². The summed E-state index contributed by atoms with van der Waals surface area (Å²) in [5.74, 6) is 0.403. The molecule has 1 aliphatic rings. The average molecular weight is 257 g/mol. The zero-order valence-electron chi connectivity index (χ0n) is 12.5. The van der Waals surface area contributed by atoms with Gasteiger partial charge in [-0.25, -0.2) is 0 Å². The van der Waals surface area contributed by atoms with E-state index in [1.165, 1.54) is 0 Å². The van der Waals surface area contributed by atoms with Gasteiger partial charge in [-0.2, -0.15) is 0 Å². The summed E-state index contributed by atoms with van der Waals surface area (Å²) in [6.07, 6.45) is 2.28. The number of aliphatic hydroxyl groups excluding tert-OH is 1. The smallest absolute Gasteiger partial charge is 0.0602 e. The molecule has 0 aromatic rings. The molecule has 0 aromatic carbocycles.